The van der Waals surface area contributed by atoms with Gasteiger partial charge in [0.25, 0.3) is 0 Å². The van der Waals surface area contributed by atoms with E-state index in [1.54, 1.807) is 6.33 Å². The molecule has 0 aromatic carbocycles. The van der Waals surface area contributed by atoms with Crippen LogP contribution in [0, 0.1) is 0 Å². The molecule has 4 atom stereocenters. The normalized spacial score (nSPS) is 27.1. The molecule has 1 aliphatic rings. The molecule has 0 amide bonds. The molecule has 0 spiro atoms. The summed E-state index contributed by atoms with van der Waals surface area (Å²) in [6.45, 7) is 2.22. The summed E-state index contributed by atoms with van der Waals surface area (Å²) in [6, 6.07) is 0. The number of hydrogen-bond acceptors (Lipinski definition) is 9. The fourth-order valence-corrected chi connectivity index (χ4v) is 2.50. The van der Waals surface area contributed by atoms with E-state index in [-0.39, 0.29) is 13.2 Å². The molecule has 1 fully saturated rings. The number of aromatic amines is 1. The number of aromatic nitrogens is 4. The molecule has 10 heteroatoms. The predicted octanol–water partition coefficient (Wildman–Crippen LogP) is -0.833. The maximum absolute atomic E-state index is 9.81. The van der Waals surface area contributed by atoms with Gasteiger partial charge in [0.2, 0.25) is 0 Å². The Balaban J connectivity index is 1.49. The number of imidazole rings is 1. The minimum Gasteiger partial charge on any atom is -0.394 e. The molecule has 5 N–H and O–H groups in total. The first-order chi connectivity index (χ1) is 12.1. The summed E-state index contributed by atoms with van der Waals surface area (Å²) in [4.78, 5) is 15.2. The van der Waals surface area contributed by atoms with Gasteiger partial charge in [-0.05, 0) is 12.5 Å². The number of anilines is 1. The number of ether oxygens (including phenoxy) is 2. The zero-order valence-corrected chi connectivity index (χ0v) is 13.7. The lowest BCUT2D eigenvalue weighted by Gasteiger charge is -2.15. The lowest BCUT2D eigenvalue weighted by molar-refractivity contribution is -0.164. The van der Waals surface area contributed by atoms with Crippen LogP contribution in [0.1, 0.15) is 6.92 Å². The van der Waals surface area contributed by atoms with Crippen LogP contribution in [0.2, 0.25) is 0 Å². The van der Waals surface area contributed by atoms with E-state index in [4.69, 9.17) is 14.6 Å². The first kappa shape index (κ1) is 17.7. The van der Waals surface area contributed by atoms with Crippen LogP contribution >= 0.6 is 0 Å². The van der Waals surface area contributed by atoms with E-state index in [9.17, 15) is 10.2 Å². The van der Waals surface area contributed by atoms with Crippen LogP contribution in [-0.2, 0) is 9.47 Å². The standard InChI is InChI=1S/C15H21N5O5/c1-8(5-24-15-12(23)11(22)9(4-21)25-15)2-3-16-13-10-14(18-6-17-10)20-7-19-13/h2,6-7,9,11-12,15,21-23H,3-5H2,1H3,(H2,16,17,18,19,20). The number of H-pyrrole nitrogens is 1. The first-order valence-electron chi connectivity index (χ1n) is 7.87. The van der Waals surface area contributed by atoms with Crippen molar-refractivity contribution in [3.8, 4) is 0 Å². The Morgan fingerprint density at radius 2 is 2.20 bits per heavy atom. The first-order valence-corrected chi connectivity index (χ1v) is 7.87. The van der Waals surface area contributed by atoms with Crippen molar-refractivity contribution < 1.29 is 24.8 Å². The molecule has 25 heavy (non-hydrogen) atoms. The van der Waals surface area contributed by atoms with Gasteiger partial charge >= 0.3 is 0 Å². The van der Waals surface area contributed by atoms with E-state index in [0.717, 1.165) is 11.1 Å². The van der Waals surface area contributed by atoms with Crippen molar-refractivity contribution in [1.82, 2.24) is 19.9 Å². The van der Waals surface area contributed by atoms with E-state index in [1.807, 2.05) is 13.0 Å². The number of fused-ring (bicyclic) bond motifs is 1. The quantitative estimate of drug-likeness (QED) is 0.403. The fraction of sp³-hybridized carbons (Fsp3) is 0.533. The van der Waals surface area contributed by atoms with Gasteiger partial charge in [-0.3, -0.25) is 0 Å². The minimum absolute atomic E-state index is 0.220. The number of nitrogens with zero attached hydrogens (tertiary/aromatic N) is 3. The van der Waals surface area contributed by atoms with Crippen molar-refractivity contribution >= 4 is 17.0 Å². The monoisotopic (exact) mass is 351 g/mol. The third kappa shape index (κ3) is 3.94. The molecule has 136 valence electrons. The van der Waals surface area contributed by atoms with Crippen molar-refractivity contribution in [3.05, 3.63) is 24.3 Å². The molecule has 3 heterocycles. The van der Waals surface area contributed by atoms with E-state index in [2.05, 4.69) is 25.3 Å². The predicted molar refractivity (Wildman–Crippen MR) is 87.6 cm³/mol. The molecule has 1 aliphatic heterocycles. The van der Waals surface area contributed by atoms with Crippen molar-refractivity contribution in [3.63, 3.8) is 0 Å². The van der Waals surface area contributed by atoms with Crippen LogP contribution in [-0.4, -0.2) is 79.6 Å². The van der Waals surface area contributed by atoms with E-state index < -0.39 is 24.6 Å². The molecule has 0 radical (unpaired) electrons. The molecule has 0 saturated carbocycles. The molecule has 4 unspecified atom stereocenters. The lowest BCUT2D eigenvalue weighted by Crippen LogP contribution is -2.34. The molecule has 3 rings (SSSR count). The summed E-state index contributed by atoms with van der Waals surface area (Å²) in [5.74, 6) is 0.649. The zero-order chi connectivity index (χ0) is 17.8. The van der Waals surface area contributed by atoms with Crippen LogP contribution in [0.4, 0.5) is 5.82 Å². The van der Waals surface area contributed by atoms with Gasteiger partial charge in [-0.25, -0.2) is 15.0 Å². The fourth-order valence-electron chi connectivity index (χ4n) is 2.50. The Morgan fingerprint density at radius 3 is 2.96 bits per heavy atom. The van der Waals surface area contributed by atoms with Crippen LogP contribution < -0.4 is 5.32 Å². The van der Waals surface area contributed by atoms with Crippen LogP contribution in [0.15, 0.2) is 24.3 Å². The zero-order valence-electron chi connectivity index (χ0n) is 13.7. The highest BCUT2D eigenvalue weighted by atomic mass is 16.7. The summed E-state index contributed by atoms with van der Waals surface area (Å²) in [5.41, 5.74) is 2.22. The summed E-state index contributed by atoms with van der Waals surface area (Å²) < 4.78 is 10.7. The van der Waals surface area contributed by atoms with E-state index in [1.165, 1.54) is 6.33 Å². The van der Waals surface area contributed by atoms with Gasteiger partial charge in [-0.2, -0.15) is 0 Å². The number of rotatable bonds is 7. The highest BCUT2D eigenvalue weighted by molar-refractivity contribution is 5.81. The van der Waals surface area contributed by atoms with Crippen LogP contribution in [0.3, 0.4) is 0 Å². The summed E-state index contributed by atoms with van der Waals surface area (Å²) in [7, 11) is 0. The van der Waals surface area contributed by atoms with Gasteiger partial charge in [-0.1, -0.05) is 6.08 Å². The molecular formula is C15H21N5O5. The minimum atomic E-state index is -1.18. The highest BCUT2D eigenvalue weighted by Gasteiger charge is 2.42. The molecule has 0 bridgehead atoms. The Kier molecular flexibility index (Phi) is 5.56. The SMILES string of the molecule is CC(=CCNc1ncnc2nc[nH]c12)COC1OC(CO)C(O)C1O. The Hall–Kier alpha value is -2.11. The summed E-state index contributed by atoms with van der Waals surface area (Å²) >= 11 is 0. The number of nitrogens with one attached hydrogen (secondary N) is 2. The van der Waals surface area contributed by atoms with Crippen molar-refractivity contribution in [1.29, 1.82) is 0 Å². The molecule has 0 aliphatic carbocycles. The average molecular weight is 351 g/mol. The van der Waals surface area contributed by atoms with Crippen molar-refractivity contribution in [2.45, 2.75) is 31.5 Å². The highest BCUT2D eigenvalue weighted by Crippen LogP contribution is 2.22. The Bertz CT molecular complexity index is 736. The topological polar surface area (TPSA) is 146 Å². The Morgan fingerprint density at radius 1 is 1.36 bits per heavy atom. The largest absolute Gasteiger partial charge is 0.394 e. The average Bonchev–Trinajstić information content (AvgIpc) is 3.20. The second kappa shape index (κ2) is 7.85. The maximum Gasteiger partial charge on any atom is 0.187 e. The number of aliphatic hydroxyl groups excluding tert-OH is 3. The van der Waals surface area contributed by atoms with Gasteiger partial charge in [-0.15, -0.1) is 0 Å². The van der Waals surface area contributed by atoms with Gasteiger partial charge in [0.1, 0.15) is 30.2 Å². The molecule has 2 aromatic rings. The van der Waals surface area contributed by atoms with E-state index >= 15 is 0 Å². The van der Waals surface area contributed by atoms with Gasteiger partial charge < -0.3 is 35.1 Å². The van der Waals surface area contributed by atoms with E-state index in [0.29, 0.717) is 18.0 Å². The van der Waals surface area contributed by atoms with Crippen molar-refractivity contribution in [2.75, 3.05) is 25.1 Å². The van der Waals surface area contributed by atoms with Crippen LogP contribution in [0.25, 0.3) is 11.2 Å². The third-order valence-corrected chi connectivity index (χ3v) is 3.92. The van der Waals surface area contributed by atoms with Crippen molar-refractivity contribution in [2.24, 2.45) is 0 Å². The molecule has 10 nitrogen and oxygen atoms in total. The number of aliphatic hydroxyl groups is 3. The summed E-state index contributed by atoms with van der Waals surface area (Å²) in [6.07, 6.45) is 0.766. The molecule has 1 saturated heterocycles. The number of hydrogen-bond donors (Lipinski definition) is 5. The Labute approximate surface area is 143 Å². The maximum atomic E-state index is 9.81. The lowest BCUT2D eigenvalue weighted by atomic mass is 10.1. The van der Waals surface area contributed by atoms with Gasteiger partial charge in [0, 0.05) is 6.54 Å². The molecular weight excluding hydrogens is 330 g/mol. The summed E-state index contributed by atoms with van der Waals surface area (Å²) in [5, 5.41) is 31.7. The second-order valence-corrected chi connectivity index (χ2v) is 5.77. The van der Waals surface area contributed by atoms with Crippen LogP contribution in [0.5, 0.6) is 0 Å². The third-order valence-electron chi connectivity index (χ3n) is 3.92. The van der Waals surface area contributed by atoms with Gasteiger partial charge in [0.05, 0.1) is 19.5 Å². The smallest absolute Gasteiger partial charge is 0.187 e. The second-order valence-electron chi connectivity index (χ2n) is 5.77. The van der Waals surface area contributed by atoms with Gasteiger partial charge in [0.15, 0.2) is 17.8 Å². The molecule has 2 aromatic heterocycles.